The van der Waals surface area contributed by atoms with Gasteiger partial charge in [-0.1, -0.05) is 18.9 Å². The summed E-state index contributed by atoms with van der Waals surface area (Å²) in [5, 5.41) is 14.4. The summed E-state index contributed by atoms with van der Waals surface area (Å²) in [6.45, 7) is 2.60. The van der Waals surface area contributed by atoms with E-state index in [0.717, 1.165) is 19.3 Å². The van der Waals surface area contributed by atoms with E-state index in [4.69, 9.17) is 9.47 Å². The molecule has 1 aliphatic carbocycles. The smallest absolute Gasteiger partial charge is 0.286 e. The molecule has 5 nitrogen and oxygen atoms in total. The first kappa shape index (κ1) is 19.4. The van der Waals surface area contributed by atoms with Crippen LogP contribution < -0.4 is 5.32 Å². The third kappa shape index (κ3) is 4.67. The fourth-order valence-corrected chi connectivity index (χ4v) is 4.77. The second-order valence-electron chi connectivity index (χ2n) is 7.00. The molecule has 1 saturated carbocycles. The van der Waals surface area contributed by atoms with E-state index in [9.17, 15) is 9.90 Å². The number of thiophene rings is 1. The second-order valence-corrected chi connectivity index (χ2v) is 7.98. The second kappa shape index (κ2) is 9.53. The normalized spacial score (nSPS) is 26.4. The highest BCUT2D eigenvalue weighted by Crippen LogP contribution is 2.41. The summed E-state index contributed by atoms with van der Waals surface area (Å²) in [6, 6.07) is 4.38. The third-order valence-electron chi connectivity index (χ3n) is 5.20. The van der Waals surface area contributed by atoms with Crippen molar-refractivity contribution in [1.29, 1.82) is 0 Å². The van der Waals surface area contributed by atoms with E-state index in [1.165, 1.54) is 17.7 Å². The average molecular weight is 380 g/mol. The Kier molecular flexibility index (Phi) is 7.11. The van der Waals surface area contributed by atoms with Crippen molar-refractivity contribution in [2.45, 2.75) is 63.7 Å². The lowest BCUT2D eigenvalue weighted by atomic mass is 9.84. The molecule has 26 heavy (non-hydrogen) atoms. The van der Waals surface area contributed by atoms with Crippen molar-refractivity contribution in [3.05, 3.63) is 34.2 Å². The largest absolute Gasteiger partial charge is 0.459 e. The maximum atomic E-state index is 12.7. The summed E-state index contributed by atoms with van der Waals surface area (Å²) in [5.74, 6) is 0.387. The molecular weight excluding hydrogens is 350 g/mol. The van der Waals surface area contributed by atoms with Crippen LogP contribution in [0.3, 0.4) is 0 Å². The molecule has 1 aromatic heterocycles. The lowest BCUT2D eigenvalue weighted by Gasteiger charge is -2.36. The van der Waals surface area contributed by atoms with Crippen LogP contribution in [0.5, 0.6) is 0 Å². The zero-order valence-electron chi connectivity index (χ0n) is 15.4. The van der Waals surface area contributed by atoms with Crippen molar-refractivity contribution < 1.29 is 19.4 Å². The van der Waals surface area contributed by atoms with E-state index in [1.54, 1.807) is 11.3 Å². The highest BCUT2D eigenvalue weighted by Gasteiger charge is 2.38. The zero-order chi connectivity index (χ0) is 18.4. The molecule has 2 N–H and O–H groups in total. The highest BCUT2D eigenvalue weighted by atomic mass is 32.1. The van der Waals surface area contributed by atoms with Gasteiger partial charge in [0.15, 0.2) is 5.76 Å². The van der Waals surface area contributed by atoms with Crippen molar-refractivity contribution in [2.75, 3.05) is 13.2 Å². The number of nitrogens with one attached hydrogen (secondary N) is 1. The molecule has 0 unspecified atom stereocenters. The molecule has 0 radical (unpaired) electrons. The van der Waals surface area contributed by atoms with Crippen molar-refractivity contribution in [2.24, 2.45) is 5.92 Å². The van der Waals surface area contributed by atoms with Crippen LogP contribution >= 0.6 is 11.3 Å². The Bertz CT molecular complexity index is 595. The van der Waals surface area contributed by atoms with E-state index in [1.807, 2.05) is 19.1 Å². The van der Waals surface area contributed by atoms with Gasteiger partial charge in [-0.25, -0.2) is 0 Å². The monoisotopic (exact) mass is 379 g/mol. The minimum Gasteiger partial charge on any atom is -0.459 e. The van der Waals surface area contributed by atoms with E-state index in [2.05, 4.69) is 16.8 Å². The number of hydrogen-bond acceptors (Lipinski definition) is 5. The van der Waals surface area contributed by atoms with E-state index in [-0.39, 0.29) is 30.4 Å². The Morgan fingerprint density at radius 2 is 2.23 bits per heavy atom. The summed E-state index contributed by atoms with van der Waals surface area (Å²) in [7, 11) is 0. The number of aliphatic hydroxyl groups excluding tert-OH is 1. The van der Waals surface area contributed by atoms with Crippen LogP contribution in [0.4, 0.5) is 0 Å². The molecule has 1 aromatic rings. The Morgan fingerprint density at radius 1 is 1.42 bits per heavy atom. The number of aliphatic hydroxyl groups is 1. The predicted octanol–water partition coefficient (Wildman–Crippen LogP) is 3.56. The number of hydrogen-bond donors (Lipinski definition) is 2. The van der Waals surface area contributed by atoms with E-state index >= 15 is 0 Å². The zero-order valence-corrected chi connectivity index (χ0v) is 16.2. The summed E-state index contributed by atoms with van der Waals surface area (Å²) < 4.78 is 11.8. The van der Waals surface area contributed by atoms with Crippen LogP contribution in [-0.2, 0) is 14.3 Å². The number of carbonyl (C=O) groups excluding carboxylic acids is 1. The topological polar surface area (TPSA) is 67.8 Å². The van der Waals surface area contributed by atoms with Gasteiger partial charge in [0, 0.05) is 36.0 Å². The molecule has 0 bridgehead atoms. The SMILES string of the molecule is CCO[C@@H]1OC(C(=O)NC2CCCC2)=C[C@H](c2cccs2)[C@@H]1CCCO. The maximum absolute atomic E-state index is 12.7. The molecule has 3 atom stereocenters. The van der Waals surface area contributed by atoms with Gasteiger partial charge in [-0.3, -0.25) is 4.79 Å². The fraction of sp³-hybridized carbons (Fsp3) is 0.650. The lowest BCUT2D eigenvalue weighted by molar-refractivity contribution is -0.166. The average Bonchev–Trinajstić information content (AvgIpc) is 3.34. The highest BCUT2D eigenvalue weighted by molar-refractivity contribution is 7.10. The Labute approximate surface area is 159 Å². The number of carbonyl (C=O) groups is 1. The predicted molar refractivity (Wildman–Crippen MR) is 102 cm³/mol. The van der Waals surface area contributed by atoms with Gasteiger partial charge < -0.3 is 19.9 Å². The molecule has 3 rings (SSSR count). The first-order valence-electron chi connectivity index (χ1n) is 9.68. The van der Waals surface area contributed by atoms with Gasteiger partial charge in [0.1, 0.15) is 0 Å². The first-order valence-corrected chi connectivity index (χ1v) is 10.6. The number of allylic oxidation sites excluding steroid dienone is 1. The van der Waals surface area contributed by atoms with E-state index < -0.39 is 6.29 Å². The lowest BCUT2D eigenvalue weighted by Crippen LogP contribution is -2.41. The summed E-state index contributed by atoms with van der Waals surface area (Å²) in [4.78, 5) is 13.9. The van der Waals surface area contributed by atoms with Crippen LogP contribution in [0.15, 0.2) is 29.3 Å². The van der Waals surface area contributed by atoms with Crippen LogP contribution in [-0.4, -0.2) is 36.6 Å². The van der Waals surface area contributed by atoms with Crippen molar-refractivity contribution in [3.63, 3.8) is 0 Å². The number of ether oxygens (including phenoxy) is 2. The molecule has 6 heteroatoms. The van der Waals surface area contributed by atoms with Gasteiger partial charge in [-0.05, 0) is 50.1 Å². The minimum atomic E-state index is -0.465. The molecule has 144 valence electrons. The molecule has 1 fully saturated rings. The van der Waals surface area contributed by atoms with E-state index in [0.29, 0.717) is 18.8 Å². The molecule has 1 aliphatic heterocycles. The summed E-state index contributed by atoms with van der Waals surface area (Å²) in [6.07, 6.45) is 7.40. The third-order valence-corrected chi connectivity index (χ3v) is 6.17. The van der Waals surface area contributed by atoms with Crippen LogP contribution in [0.2, 0.25) is 0 Å². The van der Waals surface area contributed by atoms with Crippen LogP contribution in [0.25, 0.3) is 0 Å². The molecule has 2 heterocycles. The Balaban J connectivity index is 1.82. The van der Waals surface area contributed by atoms with Crippen molar-refractivity contribution in [1.82, 2.24) is 5.32 Å². The molecule has 0 saturated heterocycles. The first-order chi connectivity index (χ1) is 12.7. The molecule has 1 amide bonds. The Hall–Kier alpha value is -1.37. The Morgan fingerprint density at radius 3 is 2.88 bits per heavy atom. The quantitative estimate of drug-likeness (QED) is 0.725. The van der Waals surface area contributed by atoms with Crippen molar-refractivity contribution >= 4 is 17.2 Å². The van der Waals surface area contributed by atoms with Crippen LogP contribution in [0.1, 0.15) is 56.2 Å². The van der Waals surface area contributed by atoms with Gasteiger partial charge in [0.2, 0.25) is 6.29 Å². The minimum absolute atomic E-state index is 0.0659. The van der Waals surface area contributed by atoms with Gasteiger partial charge in [0.25, 0.3) is 5.91 Å². The summed E-state index contributed by atoms with van der Waals surface area (Å²) in [5.41, 5.74) is 0. The molecular formula is C20H29NO4S. The number of rotatable bonds is 8. The molecule has 0 spiro atoms. The van der Waals surface area contributed by atoms with Gasteiger partial charge >= 0.3 is 0 Å². The molecule has 2 aliphatic rings. The standard InChI is InChI=1S/C20H29NO4S/c1-2-24-20-15(9-5-11-22)16(18-10-6-12-26-18)13-17(25-20)19(23)21-14-7-3-4-8-14/h6,10,12-16,20,22H,2-5,7-9,11H2,1H3,(H,21,23)/t15-,16-,20+/m0/s1. The van der Waals surface area contributed by atoms with Gasteiger partial charge in [-0.2, -0.15) is 0 Å². The van der Waals surface area contributed by atoms with Gasteiger partial charge in [-0.15, -0.1) is 11.3 Å². The van der Waals surface area contributed by atoms with Gasteiger partial charge in [0.05, 0.1) is 0 Å². The fourth-order valence-electron chi connectivity index (χ4n) is 3.90. The van der Waals surface area contributed by atoms with Crippen LogP contribution in [0, 0.1) is 5.92 Å². The summed E-state index contributed by atoms with van der Waals surface area (Å²) >= 11 is 1.68. The van der Waals surface area contributed by atoms with Crippen molar-refractivity contribution in [3.8, 4) is 0 Å². The molecule has 0 aromatic carbocycles. The number of amides is 1. The maximum Gasteiger partial charge on any atom is 0.286 e.